The second-order valence-electron chi connectivity index (χ2n) is 3.91. The van der Waals surface area contributed by atoms with E-state index in [2.05, 4.69) is 15.5 Å². The number of rotatable bonds is 4. The summed E-state index contributed by atoms with van der Waals surface area (Å²) in [5.41, 5.74) is 1.05. The van der Waals surface area contributed by atoms with Gasteiger partial charge in [-0.2, -0.15) is 5.26 Å². The molecule has 0 aliphatic carbocycles. The fraction of sp³-hybridized carbons (Fsp3) is 0.231. The maximum absolute atomic E-state index is 11.9. The molecule has 1 amide bonds. The first-order valence-electron chi connectivity index (χ1n) is 5.89. The average molecular weight is 255 g/mol. The first kappa shape index (κ1) is 12.8. The number of benzene rings is 1. The van der Waals surface area contributed by atoms with Crippen molar-refractivity contribution in [1.82, 2.24) is 20.1 Å². The predicted octanol–water partition coefficient (Wildman–Crippen LogP) is 1.10. The SMILES string of the molecule is CCn1cnnc1CNC(=O)c1ccc(C#N)cc1. The van der Waals surface area contributed by atoms with Crippen LogP contribution in [-0.2, 0) is 13.1 Å². The van der Waals surface area contributed by atoms with Crippen LogP contribution >= 0.6 is 0 Å². The minimum atomic E-state index is -0.199. The third-order valence-electron chi connectivity index (χ3n) is 2.72. The molecule has 96 valence electrons. The van der Waals surface area contributed by atoms with Crippen LogP contribution in [0, 0.1) is 11.3 Å². The molecule has 0 spiro atoms. The number of aromatic nitrogens is 3. The van der Waals surface area contributed by atoms with Crippen LogP contribution in [0.25, 0.3) is 0 Å². The maximum atomic E-state index is 11.9. The number of carbonyl (C=O) groups is 1. The monoisotopic (exact) mass is 255 g/mol. The lowest BCUT2D eigenvalue weighted by molar-refractivity contribution is 0.0949. The van der Waals surface area contributed by atoms with Gasteiger partial charge in [-0.15, -0.1) is 10.2 Å². The molecule has 0 bridgehead atoms. The Labute approximate surface area is 110 Å². The molecule has 6 heteroatoms. The first-order valence-corrected chi connectivity index (χ1v) is 5.89. The molecule has 2 rings (SSSR count). The molecule has 0 fully saturated rings. The summed E-state index contributed by atoms with van der Waals surface area (Å²) < 4.78 is 1.86. The molecule has 0 saturated heterocycles. The number of nitriles is 1. The molecule has 0 aliphatic rings. The lowest BCUT2D eigenvalue weighted by Gasteiger charge is -2.06. The Balaban J connectivity index is 1.99. The smallest absolute Gasteiger partial charge is 0.251 e. The molecule has 2 aromatic rings. The topological polar surface area (TPSA) is 83.6 Å². The van der Waals surface area contributed by atoms with Gasteiger partial charge in [-0.05, 0) is 31.2 Å². The van der Waals surface area contributed by atoms with Crippen molar-refractivity contribution in [3.8, 4) is 6.07 Å². The van der Waals surface area contributed by atoms with Crippen molar-refractivity contribution in [3.05, 3.63) is 47.5 Å². The van der Waals surface area contributed by atoms with Crippen molar-refractivity contribution < 1.29 is 4.79 Å². The van der Waals surface area contributed by atoms with Gasteiger partial charge >= 0.3 is 0 Å². The molecule has 1 N–H and O–H groups in total. The van der Waals surface area contributed by atoms with Crippen molar-refractivity contribution in [1.29, 1.82) is 5.26 Å². The maximum Gasteiger partial charge on any atom is 0.251 e. The van der Waals surface area contributed by atoms with Gasteiger partial charge in [-0.1, -0.05) is 0 Å². The van der Waals surface area contributed by atoms with E-state index in [0.29, 0.717) is 23.5 Å². The summed E-state index contributed by atoms with van der Waals surface area (Å²) >= 11 is 0. The van der Waals surface area contributed by atoms with Gasteiger partial charge in [-0.25, -0.2) is 0 Å². The van der Waals surface area contributed by atoms with Gasteiger partial charge in [-0.3, -0.25) is 4.79 Å². The van der Waals surface area contributed by atoms with Gasteiger partial charge in [0.15, 0.2) is 5.82 Å². The first-order chi connectivity index (χ1) is 9.24. The van der Waals surface area contributed by atoms with Gasteiger partial charge in [0, 0.05) is 12.1 Å². The molecule has 1 aromatic carbocycles. The third-order valence-corrected chi connectivity index (χ3v) is 2.72. The number of hydrogen-bond acceptors (Lipinski definition) is 4. The van der Waals surface area contributed by atoms with Crippen molar-refractivity contribution in [2.75, 3.05) is 0 Å². The summed E-state index contributed by atoms with van der Waals surface area (Å²) in [6.07, 6.45) is 1.63. The van der Waals surface area contributed by atoms with E-state index in [0.717, 1.165) is 6.54 Å². The van der Waals surface area contributed by atoms with Crippen LogP contribution in [0.4, 0.5) is 0 Å². The lowest BCUT2D eigenvalue weighted by atomic mass is 10.1. The van der Waals surface area contributed by atoms with Crippen molar-refractivity contribution in [2.45, 2.75) is 20.0 Å². The van der Waals surface area contributed by atoms with E-state index in [1.807, 2.05) is 17.6 Å². The Kier molecular flexibility index (Phi) is 3.88. The predicted molar refractivity (Wildman–Crippen MR) is 68.0 cm³/mol. The third kappa shape index (κ3) is 2.96. The largest absolute Gasteiger partial charge is 0.345 e. The normalized spacial score (nSPS) is 9.89. The van der Waals surface area contributed by atoms with Crippen molar-refractivity contribution in [2.24, 2.45) is 0 Å². The Morgan fingerprint density at radius 1 is 1.42 bits per heavy atom. The molecule has 1 heterocycles. The van der Waals surface area contributed by atoms with Crippen LogP contribution in [0.3, 0.4) is 0 Å². The molecular formula is C13H13N5O. The molecule has 0 aliphatic heterocycles. The van der Waals surface area contributed by atoms with E-state index in [1.54, 1.807) is 30.6 Å². The zero-order valence-electron chi connectivity index (χ0n) is 10.5. The standard InChI is InChI=1S/C13H13N5O/c1-2-18-9-16-17-12(18)8-15-13(19)11-5-3-10(7-14)4-6-11/h3-6,9H,2,8H2,1H3,(H,15,19). The fourth-order valence-corrected chi connectivity index (χ4v) is 1.64. The minimum absolute atomic E-state index is 0.199. The lowest BCUT2D eigenvalue weighted by Crippen LogP contribution is -2.24. The van der Waals surface area contributed by atoms with E-state index >= 15 is 0 Å². The summed E-state index contributed by atoms with van der Waals surface area (Å²) in [7, 11) is 0. The molecular weight excluding hydrogens is 242 g/mol. The number of carbonyl (C=O) groups excluding carboxylic acids is 1. The highest BCUT2D eigenvalue weighted by atomic mass is 16.1. The van der Waals surface area contributed by atoms with Crippen LogP contribution in [0.2, 0.25) is 0 Å². The van der Waals surface area contributed by atoms with Crippen LogP contribution in [0.15, 0.2) is 30.6 Å². The van der Waals surface area contributed by atoms with E-state index in [4.69, 9.17) is 5.26 Å². The molecule has 1 aromatic heterocycles. The molecule has 0 radical (unpaired) electrons. The van der Waals surface area contributed by atoms with Crippen molar-refractivity contribution >= 4 is 5.91 Å². The second kappa shape index (κ2) is 5.78. The van der Waals surface area contributed by atoms with Crippen LogP contribution < -0.4 is 5.32 Å². The Bertz CT molecular complexity index is 609. The Morgan fingerprint density at radius 2 is 2.16 bits per heavy atom. The van der Waals surface area contributed by atoms with Crippen LogP contribution in [0.1, 0.15) is 28.7 Å². The van der Waals surface area contributed by atoms with Crippen LogP contribution in [-0.4, -0.2) is 20.7 Å². The van der Waals surface area contributed by atoms with Gasteiger partial charge in [0.25, 0.3) is 5.91 Å². The minimum Gasteiger partial charge on any atom is -0.345 e. The number of nitrogens with zero attached hydrogens (tertiary/aromatic N) is 4. The Hall–Kier alpha value is -2.68. The summed E-state index contributed by atoms with van der Waals surface area (Å²) in [6, 6.07) is 8.49. The quantitative estimate of drug-likeness (QED) is 0.886. The van der Waals surface area contributed by atoms with E-state index < -0.39 is 0 Å². The van der Waals surface area contributed by atoms with Gasteiger partial charge in [0.1, 0.15) is 6.33 Å². The summed E-state index contributed by atoms with van der Waals surface area (Å²) in [5.74, 6) is 0.514. The van der Waals surface area contributed by atoms with E-state index in [-0.39, 0.29) is 5.91 Å². The summed E-state index contributed by atoms with van der Waals surface area (Å²) in [6.45, 7) is 3.07. The number of amides is 1. The highest BCUT2D eigenvalue weighted by molar-refractivity contribution is 5.94. The number of hydrogen-bond donors (Lipinski definition) is 1. The summed E-state index contributed by atoms with van der Waals surface area (Å²) in [4.78, 5) is 11.9. The number of nitrogens with one attached hydrogen (secondary N) is 1. The Morgan fingerprint density at radius 3 is 2.79 bits per heavy atom. The number of aryl methyl sites for hydroxylation is 1. The van der Waals surface area contributed by atoms with Gasteiger partial charge in [0.05, 0.1) is 18.2 Å². The van der Waals surface area contributed by atoms with E-state index in [9.17, 15) is 4.79 Å². The highest BCUT2D eigenvalue weighted by Crippen LogP contribution is 2.03. The average Bonchev–Trinajstić information content (AvgIpc) is 2.92. The van der Waals surface area contributed by atoms with Gasteiger partial charge in [0.2, 0.25) is 0 Å². The second-order valence-corrected chi connectivity index (χ2v) is 3.91. The molecule has 0 unspecified atom stereocenters. The molecule has 0 saturated carbocycles. The molecule has 19 heavy (non-hydrogen) atoms. The fourth-order valence-electron chi connectivity index (χ4n) is 1.64. The van der Waals surface area contributed by atoms with Crippen LogP contribution in [0.5, 0.6) is 0 Å². The zero-order valence-corrected chi connectivity index (χ0v) is 10.5. The molecule has 6 nitrogen and oxygen atoms in total. The highest BCUT2D eigenvalue weighted by Gasteiger charge is 2.08. The molecule has 0 atom stereocenters. The van der Waals surface area contributed by atoms with E-state index in [1.165, 1.54) is 0 Å². The van der Waals surface area contributed by atoms with Crippen molar-refractivity contribution in [3.63, 3.8) is 0 Å². The zero-order chi connectivity index (χ0) is 13.7. The summed E-state index contributed by atoms with van der Waals surface area (Å²) in [5, 5.41) is 19.2. The van der Waals surface area contributed by atoms with Gasteiger partial charge < -0.3 is 9.88 Å².